The van der Waals surface area contributed by atoms with E-state index in [1.165, 1.54) is 36.4 Å². The molecule has 0 amide bonds. The number of hydrogen-bond donors (Lipinski definition) is 0. The number of hydrogen-bond acceptors (Lipinski definition) is 1. The molecule has 4 aromatic carbocycles. The Morgan fingerprint density at radius 1 is 0.729 bits per heavy atom. The lowest BCUT2D eigenvalue weighted by Gasteiger charge is -2.29. The first-order valence-corrected chi connectivity index (χ1v) is 16.2. The summed E-state index contributed by atoms with van der Waals surface area (Å²) in [6.07, 6.45) is 7.26. The number of halogens is 7. The van der Waals surface area contributed by atoms with Gasteiger partial charge in [0, 0.05) is 11.1 Å². The first kappa shape index (κ1) is 35.0. The molecule has 252 valence electrons. The smallest absolute Gasteiger partial charge is 0.429 e. The number of allylic oxidation sites excluding steroid dienone is 3. The molecule has 0 heterocycles. The Morgan fingerprint density at radius 2 is 1.33 bits per heavy atom. The average Bonchev–Trinajstić information content (AvgIpc) is 3.04. The van der Waals surface area contributed by atoms with Crippen LogP contribution in [0.1, 0.15) is 74.5 Å². The summed E-state index contributed by atoms with van der Waals surface area (Å²) in [5, 5.41) is 0. The highest BCUT2D eigenvalue weighted by Crippen LogP contribution is 2.41. The maximum absolute atomic E-state index is 15.1. The molecular formula is C40H37F7O. The van der Waals surface area contributed by atoms with Crippen LogP contribution in [0.15, 0.2) is 91.5 Å². The van der Waals surface area contributed by atoms with Gasteiger partial charge in [0.15, 0.2) is 0 Å². The summed E-state index contributed by atoms with van der Waals surface area (Å²) in [4.78, 5) is 0. The van der Waals surface area contributed by atoms with Crippen LogP contribution >= 0.6 is 0 Å². The molecule has 5 rings (SSSR count). The fraction of sp³-hybridized carbons (Fsp3) is 0.300. The van der Waals surface area contributed by atoms with Gasteiger partial charge in [0.25, 0.3) is 0 Å². The quantitative estimate of drug-likeness (QED) is 0.108. The van der Waals surface area contributed by atoms with Crippen molar-refractivity contribution < 1.29 is 35.5 Å². The van der Waals surface area contributed by atoms with Crippen LogP contribution in [0.3, 0.4) is 0 Å². The summed E-state index contributed by atoms with van der Waals surface area (Å²) in [7, 11) is 0. The molecule has 0 aromatic heterocycles. The van der Waals surface area contributed by atoms with E-state index in [1.54, 1.807) is 6.08 Å². The average molecular weight is 667 g/mol. The molecule has 1 aliphatic rings. The van der Waals surface area contributed by atoms with Crippen molar-refractivity contribution >= 4 is 0 Å². The second-order valence-corrected chi connectivity index (χ2v) is 12.3. The molecule has 0 radical (unpaired) electrons. The normalized spacial score (nSPS) is 16.8. The number of alkyl halides is 2. The van der Waals surface area contributed by atoms with E-state index < -0.39 is 40.8 Å². The van der Waals surface area contributed by atoms with Gasteiger partial charge in [-0.25, -0.2) is 22.0 Å². The molecule has 1 nitrogen and oxygen atoms in total. The lowest BCUT2D eigenvalue weighted by Crippen LogP contribution is -2.25. The van der Waals surface area contributed by atoms with Crippen molar-refractivity contribution in [2.75, 3.05) is 0 Å². The molecule has 48 heavy (non-hydrogen) atoms. The number of benzene rings is 4. The highest BCUT2D eigenvalue weighted by Gasteiger charge is 2.41. The molecule has 0 saturated heterocycles. The Labute approximate surface area is 276 Å². The highest BCUT2D eigenvalue weighted by molar-refractivity contribution is 5.71. The van der Waals surface area contributed by atoms with E-state index >= 15 is 22.0 Å². The van der Waals surface area contributed by atoms with Crippen molar-refractivity contribution in [3.8, 4) is 28.0 Å². The molecule has 1 fully saturated rings. The van der Waals surface area contributed by atoms with E-state index in [-0.39, 0.29) is 34.8 Å². The Balaban J connectivity index is 1.27. The van der Waals surface area contributed by atoms with Crippen molar-refractivity contribution in [2.24, 2.45) is 5.92 Å². The standard InChI is InChI=1S/C40H37F7O/c1-3-5-7-8-25-10-12-27(13-11-25)29-21-37(44)39(38(45)22-29)40(46,47)48-31-17-14-26(15-18-31)28-16-19-32(34(41)20-28)30-23-35(42)33(9-6-4-2)36(43)24-30/h3-5,14-25,27H,2,6-13H2,1H3/b5-3+. The largest absolute Gasteiger partial charge is 0.432 e. The van der Waals surface area contributed by atoms with Crippen molar-refractivity contribution in [1.82, 2.24) is 0 Å². The SMILES string of the molecule is C=CCCc1c(F)cc(-c2ccc(-c3ccc(OC(F)(F)c4c(F)cc(C5CCC(CC/C=C/C)CC5)cc4F)cc3)cc2F)cc1F. The predicted octanol–water partition coefficient (Wildman–Crippen LogP) is 12.6. The summed E-state index contributed by atoms with van der Waals surface area (Å²) >= 11 is 0. The van der Waals surface area contributed by atoms with Crippen LogP contribution in [0.4, 0.5) is 30.7 Å². The van der Waals surface area contributed by atoms with Crippen LogP contribution < -0.4 is 4.74 Å². The summed E-state index contributed by atoms with van der Waals surface area (Å²) in [6.45, 7) is 5.52. The zero-order valence-corrected chi connectivity index (χ0v) is 26.7. The van der Waals surface area contributed by atoms with Gasteiger partial charge >= 0.3 is 6.11 Å². The molecule has 0 unspecified atom stereocenters. The lowest BCUT2D eigenvalue weighted by atomic mass is 9.77. The highest BCUT2D eigenvalue weighted by atomic mass is 19.3. The maximum Gasteiger partial charge on any atom is 0.432 e. The van der Waals surface area contributed by atoms with Crippen molar-refractivity contribution in [2.45, 2.75) is 70.3 Å². The first-order valence-electron chi connectivity index (χ1n) is 16.2. The van der Waals surface area contributed by atoms with Crippen LogP contribution in [-0.4, -0.2) is 0 Å². The molecule has 0 atom stereocenters. The zero-order valence-electron chi connectivity index (χ0n) is 26.7. The molecule has 0 bridgehead atoms. The molecule has 1 saturated carbocycles. The third kappa shape index (κ3) is 8.03. The Kier molecular flexibility index (Phi) is 11.1. The van der Waals surface area contributed by atoms with E-state index in [4.69, 9.17) is 4.74 Å². The van der Waals surface area contributed by atoms with Gasteiger partial charge in [-0.05, 0) is 135 Å². The third-order valence-electron chi connectivity index (χ3n) is 9.10. The van der Waals surface area contributed by atoms with E-state index in [0.29, 0.717) is 29.0 Å². The number of rotatable bonds is 12. The summed E-state index contributed by atoms with van der Waals surface area (Å²) in [5.74, 6) is -4.98. The topological polar surface area (TPSA) is 9.23 Å². The van der Waals surface area contributed by atoms with E-state index in [0.717, 1.165) is 68.9 Å². The van der Waals surface area contributed by atoms with Gasteiger partial charge in [-0.3, -0.25) is 0 Å². The van der Waals surface area contributed by atoms with Gasteiger partial charge in [0.05, 0.1) is 0 Å². The monoisotopic (exact) mass is 666 g/mol. The molecule has 4 aromatic rings. The lowest BCUT2D eigenvalue weighted by molar-refractivity contribution is -0.189. The van der Waals surface area contributed by atoms with Crippen LogP contribution in [0.25, 0.3) is 22.3 Å². The second kappa shape index (κ2) is 15.3. The molecule has 0 N–H and O–H groups in total. The van der Waals surface area contributed by atoms with Gasteiger partial charge < -0.3 is 4.74 Å². The summed E-state index contributed by atoms with van der Waals surface area (Å²) < 4.78 is 109. The van der Waals surface area contributed by atoms with E-state index in [1.807, 2.05) is 13.0 Å². The van der Waals surface area contributed by atoms with Crippen molar-refractivity contribution in [3.63, 3.8) is 0 Å². The fourth-order valence-corrected chi connectivity index (χ4v) is 6.48. The minimum Gasteiger partial charge on any atom is -0.429 e. The second-order valence-electron chi connectivity index (χ2n) is 12.3. The van der Waals surface area contributed by atoms with Gasteiger partial charge in [0.2, 0.25) is 0 Å². The van der Waals surface area contributed by atoms with Crippen molar-refractivity contribution in [3.05, 3.63) is 137 Å². The summed E-state index contributed by atoms with van der Waals surface area (Å²) in [6, 6.07) is 13.3. The number of ether oxygens (including phenoxy) is 1. The molecule has 8 heteroatoms. The Morgan fingerprint density at radius 3 is 1.92 bits per heavy atom. The van der Waals surface area contributed by atoms with Crippen LogP contribution in [-0.2, 0) is 12.5 Å². The minimum atomic E-state index is -4.31. The fourth-order valence-electron chi connectivity index (χ4n) is 6.48. The molecule has 1 aliphatic carbocycles. The van der Waals surface area contributed by atoms with Crippen molar-refractivity contribution in [1.29, 1.82) is 0 Å². The van der Waals surface area contributed by atoms with Gasteiger partial charge in [0.1, 0.15) is 40.4 Å². The Bertz CT molecular complexity index is 1720. The first-order chi connectivity index (χ1) is 23.0. The molecule has 0 aliphatic heterocycles. The zero-order chi connectivity index (χ0) is 34.4. The van der Waals surface area contributed by atoms with Gasteiger partial charge in [-0.1, -0.05) is 42.5 Å². The molecular weight excluding hydrogens is 629 g/mol. The van der Waals surface area contributed by atoms with Gasteiger partial charge in [-0.2, -0.15) is 8.78 Å². The summed E-state index contributed by atoms with van der Waals surface area (Å²) in [5.41, 5.74) is -0.407. The van der Waals surface area contributed by atoms with Crippen LogP contribution in [0, 0.1) is 35.0 Å². The maximum atomic E-state index is 15.1. The van der Waals surface area contributed by atoms with Gasteiger partial charge in [-0.15, -0.1) is 6.58 Å². The van der Waals surface area contributed by atoms with Crippen LogP contribution in [0.2, 0.25) is 0 Å². The third-order valence-corrected chi connectivity index (χ3v) is 9.10. The van der Waals surface area contributed by atoms with E-state index in [2.05, 4.69) is 12.7 Å². The minimum absolute atomic E-state index is 0.0192. The predicted molar refractivity (Wildman–Crippen MR) is 175 cm³/mol. The van der Waals surface area contributed by atoms with Crippen LogP contribution in [0.5, 0.6) is 5.75 Å². The Hall–Kier alpha value is -4.33. The van der Waals surface area contributed by atoms with E-state index in [9.17, 15) is 8.78 Å². The molecule has 0 spiro atoms.